The van der Waals surface area contributed by atoms with Crippen molar-refractivity contribution in [2.75, 3.05) is 35.2 Å². The minimum absolute atomic E-state index is 0.617. The molecule has 2 N–H and O–H groups in total. The number of rotatable bonds is 10. The summed E-state index contributed by atoms with van der Waals surface area (Å²) in [5, 5.41) is 6.61. The number of anilines is 4. The highest BCUT2D eigenvalue weighted by molar-refractivity contribution is 5.59. The Hall–Kier alpha value is -2.30. The summed E-state index contributed by atoms with van der Waals surface area (Å²) in [7, 11) is 0. The first-order chi connectivity index (χ1) is 11.8. The van der Waals surface area contributed by atoms with Gasteiger partial charge in [0.2, 0.25) is 5.95 Å². The molecule has 0 aliphatic carbocycles. The lowest BCUT2D eigenvalue weighted by Gasteiger charge is -2.21. The molecule has 2 aromatic rings. The van der Waals surface area contributed by atoms with Gasteiger partial charge in [0.1, 0.15) is 5.82 Å². The van der Waals surface area contributed by atoms with Crippen molar-refractivity contribution >= 4 is 23.1 Å². The smallest absolute Gasteiger partial charge is 0.229 e. The third kappa shape index (κ3) is 5.41. The molecular formula is C19H29N5. The van der Waals surface area contributed by atoms with Crippen LogP contribution >= 0.6 is 0 Å². The van der Waals surface area contributed by atoms with E-state index in [-0.39, 0.29) is 0 Å². The van der Waals surface area contributed by atoms with Crippen molar-refractivity contribution < 1.29 is 0 Å². The highest BCUT2D eigenvalue weighted by Crippen LogP contribution is 2.20. The molecule has 5 heteroatoms. The van der Waals surface area contributed by atoms with Gasteiger partial charge in [0.15, 0.2) is 0 Å². The first-order valence-corrected chi connectivity index (χ1v) is 8.95. The molecule has 0 bridgehead atoms. The zero-order valence-electron chi connectivity index (χ0n) is 15.0. The van der Waals surface area contributed by atoms with E-state index < -0.39 is 0 Å². The van der Waals surface area contributed by atoms with Crippen molar-refractivity contribution in [3.63, 3.8) is 0 Å². The highest BCUT2D eigenvalue weighted by Gasteiger charge is 2.03. The average molecular weight is 327 g/mol. The van der Waals surface area contributed by atoms with E-state index in [1.54, 1.807) is 6.20 Å². The number of benzene rings is 1. The van der Waals surface area contributed by atoms with Gasteiger partial charge in [0, 0.05) is 37.2 Å². The van der Waals surface area contributed by atoms with Crippen LogP contribution in [-0.2, 0) is 0 Å². The molecular weight excluding hydrogens is 298 g/mol. The van der Waals surface area contributed by atoms with Gasteiger partial charge in [-0.15, -0.1) is 0 Å². The van der Waals surface area contributed by atoms with E-state index in [1.807, 2.05) is 6.07 Å². The van der Waals surface area contributed by atoms with Gasteiger partial charge in [-0.1, -0.05) is 19.8 Å². The number of hydrogen-bond acceptors (Lipinski definition) is 5. The van der Waals surface area contributed by atoms with Crippen LogP contribution in [0.3, 0.4) is 0 Å². The van der Waals surface area contributed by atoms with E-state index in [1.165, 1.54) is 18.5 Å². The van der Waals surface area contributed by atoms with Gasteiger partial charge in [-0.2, -0.15) is 4.98 Å². The van der Waals surface area contributed by atoms with E-state index >= 15 is 0 Å². The fraction of sp³-hybridized carbons (Fsp3) is 0.474. The van der Waals surface area contributed by atoms with Crippen molar-refractivity contribution in [1.29, 1.82) is 0 Å². The lowest BCUT2D eigenvalue weighted by Crippen LogP contribution is -2.21. The van der Waals surface area contributed by atoms with Gasteiger partial charge < -0.3 is 15.5 Å². The Balaban J connectivity index is 1.95. The molecule has 0 atom stereocenters. The predicted octanol–water partition coefficient (Wildman–Crippen LogP) is 4.67. The topological polar surface area (TPSA) is 53.1 Å². The van der Waals surface area contributed by atoms with E-state index in [0.29, 0.717) is 5.95 Å². The van der Waals surface area contributed by atoms with Crippen LogP contribution in [0.4, 0.5) is 23.1 Å². The second-order valence-corrected chi connectivity index (χ2v) is 5.74. The Bertz CT molecular complexity index is 593. The van der Waals surface area contributed by atoms with Gasteiger partial charge in [-0.3, -0.25) is 0 Å². The number of nitrogens with one attached hydrogen (secondary N) is 2. The van der Waals surface area contributed by atoms with Crippen LogP contribution < -0.4 is 15.5 Å². The molecule has 0 amide bonds. The monoisotopic (exact) mass is 327 g/mol. The Morgan fingerprint density at radius 2 is 1.71 bits per heavy atom. The Kier molecular flexibility index (Phi) is 7.33. The van der Waals surface area contributed by atoms with Crippen molar-refractivity contribution in [2.45, 2.75) is 40.0 Å². The van der Waals surface area contributed by atoms with E-state index in [4.69, 9.17) is 0 Å². The molecule has 0 saturated carbocycles. The summed E-state index contributed by atoms with van der Waals surface area (Å²) in [6, 6.07) is 10.3. The molecule has 1 aromatic carbocycles. The third-order valence-corrected chi connectivity index (χ3v) is 3.99. The fourth-order valence-electron chi connectivity index (χ4n) is 2.58. The number of unbranched alkanes of at least 4 members (excludes halogenated alkanes) is 2. The highest BCUT2D eigenvalue weighted by atomic mass is 15.1. The summed E-state index contributed by atoms with van der Waals surface area (Å²) in [5.41, 5.74) is 2.23. The van der Waals surface area contributed by atoms with E-state index in [2.05, 4.69) is 70.5 Å². The van der Waals surface area contributed by atoms with E-state index in [9.17, 15) is 0 Å². The average Bonchev–Trinajstić information content (AvgIpc) is 2.62. The normalized spacial score (nSPS) is 10.5. The minimum atomic E-state index is 0.617. The second kappa shape index (κ2) is 9.75. The second-order valence-electron chi connectivity index (χ2n) is 5.74. The molecule has 5 nitrogen and oxygen atoms in total. The van der Waals surface area contributed by atoms with Gasteiger partial charge >= 0.3 is 0 Å². The first kappa shape index (κ1) is 18.0. The zero-order valence-corrected chi connectivity index (χ0v) is 15.0. The molecule has 1 heterocycles. The third-order valence-electron chi connectivity index (χ3n) is 3.99. The molecule has 0 radical (unpaired) electrons. The summed E-state index contributed by atoms with van der Waals surface area (Å²) in [4.78, 5) is 11.1. The molecule has 0 fully saturated rings. The van der Waals surface area contributed by atoms with Gasteiger partial charge in [0.05, 0.1) is 0 Å². The van der Waals surface area contributed by atoms with Gasteiger partial charge in [-0.25, -0.2) is 4.98 Å². The molecule has 130 valence electrons. The molecule has 0 spiro atoms. The van der Waals surface area contributed by atoms with Crippen LogP contribution in [0, 0.1) is 0 Å². The van der Waals surface area contributed by atoms with Crippen LogP contribution in [0.1, 0.15) is 40.0 Å². The summed E-state index contributed by atoms with van der Waals surface area (Å²) in [6.07, 6.45) is 5.40. The Labute approximate surface area is 145 Å². The lowest BCUT2D eigenvalue weighted by molar-refractivity contribution is 0.742. The van der Waals surface area contributed by atoms with Crippen molar-refractivity contribution in [1.82, 2.24) is 9.97 Å². The summed E-state index contributed by atoms with van der Waals surface area (Å²) < 4.78 is 0. The molecule has 0 aliphatic rings. The van der Waals surface area contributed by atoms with Crippen molar-refractivity contribution in [3.05, 3.63) is 36.5 Å². The Morgan fingerprint density at radius 1 is 0.958 bits per heavy atom. The van der Waals surface area contributed by atoms with Crippen LogP contribution in [0.5, 0.6) is 0 Å². The first-order valence-electron chi connectivity index (χ1n) is 8.95. The Morgan fingerprint density at radius 3 is 2.38 bits per heavy atom. The molecule has 0 aliphatic heterocycles. The van der Waals surface area contributed by atoms with Crippen molar-refractivity contribution in [2.24, 2.45) is 0 Å². The summed E-state index contributed by atoms with van der Waals surface area (Å²) in [5.74, 6) is 1.48. The molecule has 0 saturated heterocycles. The van der Waals surface area contributed by atoms with Crippen LogP contribution in [0.25, 0.3) is 0 Å². The lowest BCUT2D eigenvalue weighted by atomic mass is 10.2. The maximum Gasteiger partial charge on any atom is 0.229 e. The summed E-state index contributed by atoms with van der Waals surface area (Å²) in [6.45, 7) is 9.52. The minimum Gasteiger partial charge on any atom is -0.372 e. The number of hydrogen-bond donors (Lipinski definition) is 2. The standard InChI is InChI=1S/C19H29N5/c1-4-7-8-14-20-18-13-15-21-19(23-18)22-16-9-11-17(12-10-16)24(5-2)6-3/h9-13,15H,4-8,14H2,1-3H3,(H2,20,21,22,23). The maximum absolute atomic E-state index is 4.51. The van der Waals surface area contributed by atoms with E-state index in [0.717, 1.165) is 37.6 Å². The van der Waals surface area contributed by atoms with Gasteiger partial charge in [0.25, 0.3) is 0 Å². The summed E-state index contributed by atoms with van der Waals surface area (Å²) >= 11 is 0. The SMILES string of the molecule is CCCCCNc1ccnc(Nc2ccc(N(CC)CC)cc2)n1. The quantitative estimate of drug-likeness (QED) is 0.621. The van der Waals surface area contributed by atoms with Crippen LogP contribution in [-0.4, -0.2) is 29.6 Å². The fourth-order valence-corrected chi connectivity index (χ4v) is 2.58. The van der Waals surface area contributed by atoms with Crippen LogP contribution in [0.15, 0.2) is 36.5 Å². The van der Waals surface area contributed by atoms with Crippen LogP contribution in [0.2, 0.25) is 0 Å². The maximum atomic E-state index is 4.51. The number of aromatic nitrogens is 2. The molecule has 2 rings (SSSR count). The predicted molar refractivity (Wildman–Crippen MR) is 103 cm³/mol. The number of nitrogens with zero attached hydrogens (tertiary/aromatic N) is 3. The zero-order chi connectivity index (χ0) is 17.2. The van der Waals surface area contributed by atoms with Gasteiger partial charge in [-0.05, 0) is 50.6 Å². The molecule has 1 aromatic heterocycles. The molecule has 0 unspecified atom stereocenters. The molecule has 24 heavy (non-hydrogen) atoms. The van der Waals surface area contributed by atoms with Crippen molar-refractivity contribution in [3.8, 4) is 0 Å². The largest absolute Gasteiger partial charge is 0.372 e.